The summed E-state index contributed by atoms with van der Waals surface area (Å²) in [5, 5.41) is 20.0. The first kappa shape index (κ1) is 55.4. The predicted octanol–water partition coefficient (Wildman–Crippen LogP) is 11.6. The quantitative estimate of drug-likeness (QED) is 0.0237. The summed E-state index contributed by atoms with van der Waals surface area (Å²) in [5.41, 5.74) is 0. The summed E-state index contributed by atoms with van der Waals surface area (Å²) in [5.74, 6) is -1.03. The van der Waals surface area contributed by atoms with Crippen LogP contribution < -0.4 is 0 Å². The maximum atomic E-state index is 12.1. The summed E-state index contributed by atoms with van der Waals surface area (Å²) < 4.78 is 31.6. The smallest absolute Gasteiger partial charge is 0.463 e. The fourth-order valence-corrected chi connectivity index (χ4v) is 5.58. The van der Waals surface area contributed by atoms with Gasteiger partial charge in [0.15, 0.2) is 0 Å². The van der Waals surface area contributed by atoms with Gasteiger partial charge in [0.2, 0.25) is 0 Å². The van der Waals surface area contributed by atoms with Gasteiger partial charge in [-0.1, -0.05) is 148 Å². The zero-order valence-electron chi connectivity index (χ0n) is 35.9. The summed E-state index contributed by atoms with van der Waals surface area (Å²) in [4.78, 5) is 33.8. The number of aliphatic hydroxyl groups is 2. The van der Waals surface area contributed by atoms with E-state index in [0.717, 1.165) is 64.2 Å². The first-order chi connectivity index (χ1) is 28.7. The van der Waals surface area contributed by atoms with Crippen molar-refractivity contribution >= 4 is 19.8 Å². The molecular weight excluding hydrogens is 767 g/mol. The third-order valence-electron chi connectivity index (χ3n) is 8.05. The molecule has 0 aromatic heterocycles. The largest absolute Gasteiger partial charge is 0.472 e. The number of allylic oxidation sites excluding steroid dienone is 20. The van der Waals surface area contributed by atoms with Crippen LogP contribution in [0.3, 0.4) is 0 Å². The van der Waals surface area contributed by atoms with Crippen LogP contribution in [0, 0.1) is 0 Å². The molecular formula is C48H75O10P. The highest BCUT2D eigenvalue weighted by molar-refractivity contribution is 7.47. The minimum atomic E-state index is -4.64. The number of rotatable bonds is 38. The Hall–Kier alpha value is -3.63. The Balaban J connectivity index is 3.90. The molecule has 0 aromatic rings. The first-order valence-electron chi connectivity index (χ1n) is 21.5. The average Bonchev–Trinajstić information content (AvgIpc) is 3.22. The Bertz CT molecular complexity index is 1390. The summed E-state index contributed by atoms with van der Waals surface area (Å²) >= 11 is 0. The van der Waals surface area contributed by atoms with Gasteiger partial charge in [-0.25, -0.2) is 4.57 Å². The van der Waals surface area contributed by atoms with Gasteiger partial charge in [0.1, 0.15) is 25.4 Å². The highest BCUT2D eigenvalue weighted by Crippen LogP contribution is 2.43. The minimum Gasteiger partial charge on any atom is -0.463 e. The van der Waals surface area contributed by atoms with Crippen molar-refractivity contribution in [3.05, 3.63) is 122 Å². The summed E-state index contributed by atoms with van der Waals surface area (Å²) in [7, 11) is -4.64. The van der Waals surface area contributed by atoms with Crippen LogP contribution in [0.2, 0.25) is 0 Å². The Morgan fingerprint density at radius 1 is 0.458 bits per heavy atom. The van der Waals surface area contributed by atoms with Crippen molar-refractivity contribution in [2.75, 3.05) is 26.4 Å². The molecule has 0 aliphatic heterocycles. The molecule has 0 amide bonds. The Morgan fingerprint density at radius 2 is 0.797 bits per heavy atom. The number of carbonyl (C=O) groups excluding carboxylic acids is 2. The van der Waals surface area contributed by atoms with Crippen LogP contribution in [0.1, 0.15) is 129 Å². The molecule has 0 aliphatic rings. The molecule has 3 N–H and O–H groups in total. The maximum Gasteiger partial charge on any atom is 0.472 e. The molecule has 0 aliphatic carbocycles. The van der Waals surface area contributed by atoms with Gasteiger partial charge in [0, 0.05) is 12.8 Å². The van der Waals surface area contributed by atoms with Crippen LogP contribution in [0.15, 0.2) is 122 Å². The van der Waals surface area contributed by atoms with Gasteiger partial charge in [-0.05, 0) is 89.9 Å². The van der Waals surface area contributed by atoms with Gasteiger partial charge in [-0.15, -0.1) is 0 Å². The lowest BCUT2D eigenvalue weighted by Crippen LogP contribution is -2.25. The van der Waals surface area contributed by atoms with Crippen molar-refractivity contribution in [3.63, 3.8) is 0 Å². The van der Waals surface area contributed by atoms with Gasteiger partial charge >= 0.3 is 19.8 Å². The molecule has 3 atom stereocenters. The highest BCUT2D eigenvalue weighted by atomic mass is 31.2. The van der Waals surface area contributed by atoms with E-state index in [4.69, 9.17) is 18.5 Å². The summed E-state index contributed by atoms with van der Waals surface area (Å²) in [6, 6.07) is 0. The SMILES string of the molecule is CC/C=C\C/C=C\C/C=C\C/C=C\C/C=C\C/C=C\CCC(=O)OC[C@@H](O)COP(=O)(O)OC[C@H](O)COC(=O)CCC/C=C\C/C=C\C/C=C\C/C=C\CCCCC. The zero-order valence-corrected chi connectivity index (χ0v) is 36.8. The normalized spacial score (nSPS) is 15.0. The van der Waals surface area contributed by atoms with Crippen molar-refractivity contribution in [1.29, 1.82) is 0 Å². The van der Waals surface area contributed by atoms with Crippen molar-refractivity contribution in [2.45, 2.75) is 142 Å². The second-order valence-electron chi connectivity index (χ2n) is 13.7. The Labute approximate surface area is 356 Å². The fourth-order valence-electron chi connectivity index (χ4n) is 4.78. The van der Waals surface area contributed by atoms with Crippen molar-refractivity contribution in [3.8, 4) is 0 Å². The molecule has 0 rings (SSSR count). The average molecular weight is 843 g/mol. The third kappa shape index (κ3) is 43.8. The van der Waals surface area contributed by atoms with Gasteiger partial charge in [0.25, 0.3) is 0 Å². The van der Waals surface area contributed by atoms with E-state index in [1.165, 1.54) is 19.3 Å². The van der Waals surface area contributed by atoms with E-state index < -0.39 is 58.4 Å². The number of carbonyl (C=O) groups is 2. The molecule has 59 heavy (non-hydrogen) atoms. The van der Waals surface area contributed by atoms with E-state index in [-0.39, 0.29) is 12.8 Å². The zero-order chi connectivity index (χ0) is 43.3. The lowest BCUT2D eigenvalue weighted by Gasteiger charge is -2.17. The number of esters is 2. The van der Waals surface area contributed by atoms with E-state index in [0.29, 0.717) is 19.3 Å². The summed E-state index contributed by atoms with van der Waals surface area (Å²) in [6.07, 6.45) is 54.9. The van der Waals surface area contributed by atoms with E-state index in [2.05, 4.69) is 111 Å². The molecule has 0 radical (unpaired) electrons. The molecule has 0 heterocycles. The molecule has 0 bridgehead atoms. The van der Waals surface area contributed by atoms with E-state index in [9.17, 15) is 29.3 Å². The first-order valence-corrected chi connectivity index (χ1v) is 23.0. The van der Waals surface area contributed by atoms with Gasteiger partial charge in [-0.3, -0.25) is 18.6 Å². The van der Waals surface area contributed by atoms with Gasteiger partial charge in [-0.2, -0.15) is 0 Å². The predicted molar refractivity (Wildman–Crippen MR) is 242 cm³/mol. The number of aliphatic hydroxyl groups excluding tert-OH is 2. The molecule has 10 nitrogen and oxygen atoms in total. The van der Waals surface area contributed by atoms with Crippen LogP contribution in [0.5, 0.6) is 0 Å². The number of hydrogen-bond acceptors (Lipinski definition) is 9. The van der Waals surface area contributed by atoms with E-state index in [1.807, 2.05) is 24.3 Å². The minimum absolute atomic E-state index is 0.116. The molecule has 11 heteroatoms. The monoisotopic (exact) mass is 843 g/mol. The Morgan fingerprint density at radius 3 is 1.19 bits per heavy atom. The molecule has 0 saturated carbocycles. The van der Waals surface area contributed by atoms with Gasteiger partial charge < -0.3 is 24.6 Å². The number of ether oxygens (including phenoxy) is 2. The fraction of sp³-hybridized carbons (Fsp3) is 0.542. The lowest BCUT2D eigenvalue weighted by atomic mass is 10.2. The number of phosphoric acid groups is 1. The molecule has 0 spiro atoms. The second-order valence-corrected chi connectivity index (χ2v) is 15.1. The second kappa shape index (κ2) is 42.5. The van der Waals surface area contributed by atoms with E-state index >= 15 is 0 Å². The van der Waals surface area contributed by atoms with Crippen LogP contribution in [-0.4, -0.2) is 65.7 Å². The van der Waals surface area contributed by atoms with E-state index in [1.54, 1.807) is 0 Å². The molecule has 0 aromatic carbocycles. The highest BCUT2D eigenvalue weighted by Gasteiger charge is 2.25. The third-order valence-corrected chi connectivity index (χ3v) is 9.01. The van der Waals surface area contributed by atoms with Crippen LogP contribution in [0.25, 0.3) is 0 Å². The van der Waals surface area contributed by atoms with Crippen LogP contribution in [0.4, 0.5) is 0 Å². The standard InChI is InChI=1S/C48H75O10P/c1-3-5-7-9-11-13-15-17-19-21-22-24-26-28-30-32-34-36-38-40-48(52)56-42-46(50)44-58-59(53,54)57-43-45(49)41-55-47(51)39-37-35-33-31-29-27-25-23-20-18-16-14-12-10-8-6-4-2/h5,7,11-14,17-20,22,24-25,27-28,30-31,33-34,36,45-46,49-50H,3-4,6,8-10,15-16,21,23,26,29,32,35,37-44H2,1-2H3,(H,53,54)/b7-5-,13-11-,14-12-,19-17-,20-18-,24-22-,27-25-,30-28-,33-31-,36-34-/t45-,46-/m1/s1. The van der Waals surface area contributed by atoms with Crippen molar-refractivity contribution in [2.24, 2.45) is 0 Å². The molecule has 0 fully saturated rings. The lowest BCUT2D eigenvalue weighted by molar-refractivity contribution is -0.147. The number of hydrogen-bond donors (Lipinski definition) is 3. The molecule has 332 valence electrons. The molecule has 1 unspecified atom stereocenters. The number of unbranched alkanes of at least 4 members (excludes halogenated alkanes) is 4. The number of phosphoric ester groups is 1. The Kier molecular flexibility index (Phi) is 39.9. The maximum absolute atomic E-state index is 12.1. The van der Waals surface area contributed by atoms with Gasteiger partial charge in [0.05, 0.1) is 13.2 Å². The van der Waals surface area contributed by atoms with Crippen LogP contribution in [-0.2, 0) is 32.7 Å². The van der Waals surface area contributed by atoms with Crippen molar-refractivity contribution in [1.82, 2.24) is 0 Å². The topological polar surface area (TPSA) is 149 Å². The molecule has 0 saturated heterocycles. The van der Waals surface area contributed by atoms with Crippen LogP contribution >= 0.6 is 7.82 Å². The van der Waals surface area contributed by atoms with Crippen molar-refractivity contribution < 1.29 is 47.8 Å². The summed E-state index contributed by atoms with van der Waals surface area (Å²) in [6.45, 7) is 2.22.